The van der Waals surface area contributed by atoms with Gasteiger partial charge in [-0.25, -0.2) is 8.42 Å². The molecular weight excluding hydrogens is 373 g/mol. The Bertz CT molecular complexity index is 829. The Hall–Kier alpha value is -1.50. The molecule has 24 heavy (non-hydrogen) atoms. The van der Waals surface area contributed by atoms with Gasteiger partial charge in [0, 0.05) is 21.7 Å². The molecule has 1 aliphatic heterocycles. The highest BCUT2D eigenvalue weighted by molar-refractivity contribution is 7.91. The highest BCUT2D eigenvalue weighted by atomic mass is 35.5. The largest absolute Gasteiger partial charge is 0.467 e. The Labute approximate surface area is 150 Å². The van der Waals surface area contributed by atoms with Gasteiger partial charge in [0.15, 0.2) is 9.84 Å². The lowest BCUT2D eigenvalue weighted by atomic mass is 10.1. The van der Waals surface area contributed by atoms with Gasteiger partial charge in [0.2, 0.25) is 0 Å². The van der Waals surface area contributed by atoms with Crippen molar-refractivity contribution < 1.29 is 17.6 Å². The van der Waals surface area contributed by atoms with Gasteiger partial charge in [-0.15, -0.1) is 0 Å². The van der Waals surface area contributed by atoms with Gasteiger partial charge in [-0.05, 0) is 36.8 Å². The Morgan fingerprint density at radius 1 is 1.25 bits per heavy atom. The minimum atomic E-state index is -3.13. The lowest BCUT2D eigenvalue weighted by Gasteiger charge is -2.27. The predicted octanol–water partition coefficient (Wildman–Crippen LogP) is 3.42. The van der Waals surface area contributed by atoms with Crippen LogP contribution in [0.25, 0.3) is 0 Å². The summed E-state index contributed by atoms with van der Waals surface area (Å²) in [6.45, 7) is 0.191. The van der Waals surface area contributed by atoms with Crippen LogP contribution in [0.15, 0.2) is 41.0 Å². The minimum absolute atomic E-state index is 0.0479. The molecule has 1 amide bonds. The molecule has 1 saturated heterocycles. The van der Waals surface area contributed by atoms with Gasteiger partial charge in [-0.1, -0.05) is 23.2 Å². The van der Waals surface area contributed by atoms with E-state index in [1.165, 1.54) is 29.4 Å². The van der Waals surface area contributed by atoms with Crippen LogP contribution in [0, 0.1) is 0 Å². The van der Waals surface area contributed by atoms with Crippen molar-refractivity contribution in [3.05, 3.63) is 58.0 Å². The molecule has 128 valence electrons. The fraction of sp³-hybridized carbons (Fsp3) is 0.312. The molecule has 5 nitrogen and oxygen atoms in total. The van der Waals surface area contributed by atoms with Crippen LogP contribution in [0.3, 0.4) is 0 Å². The third kappa shape index (κ3) is 3.94. The number of benzene rings is 1. The summed E-state index contributed by atoms with van der Waals surface area (Å²) in [6.07, 6.45) is 1.92. The van der Waals surface area contributed by atoms with Gasteiger partial charge in [0.1, 0.15) is 5.76 Å². The maximum Gasteiger partial charge on any atom is 0.254 e. The number of nitrogens with zero attached hydrogens (tertiary/aromatic N) is 1. The molecule has 0 aliphatic carbocycles. The number of carbonyl (C=O) groups excluding carboxylic acids is 1. The molecule has 1 aromatic heterocycles. The van der Waals surface area contributed by atoms with Crippen LogP contribution in [0.1, 0.15) is 22.5 Å². The maximum absolute atomic E-state index is 12.9. The van der Waals surface area contributed by atoms with Crippen molar-refractivity contribution in [2.75, 3.05) is 11.5 Å². The summed E-state index contributed by atoms with van der Waals surface area (Å²) in [4.78, 5) is 14.5. The number of sulfone groups is 1. The quantitative estimate of drug-likeness (QED) is 0.805. The summed E-state index contributed by atoms with van der Waals surface area (Å²) < 4.78 is 28.9. The third-order valence-corrected chi connectivity index (χ3v) is 6.11. The molecule has 2 aromatic rings. The highest BCUT2D eigenvalue weighted by Crippen LogP contribution is 2.25. The molecule has 0 N–H and O–H groups in total. The van der Waals surface area contributed by atoms with Gasteiger partial charge in [-0.3, -0.25) is 4.79 Å². The molecule has 1 aromatic carbocycles. The van der Waals surface area contributed by atoms with Crippen molar-refractivity contribution in [1.29, 1.82) is 0 Å². The zero-order chi connectivity index (χ0) is 17.3. The van der Waals surface area contributed by atoms with Gasteiger partial charge in [0.05, 0.1) is 24.3 Å². The number of hydrogen-bond donors (Lipinski definition) is 0. The van der Waals surface area contributed by atoms with E-state index >= 15 is 0 Å². The van der Waals surface area contributed by atoms with Crippen molar-refractivity contribution in [2.45, 2.75) is 19.0 Å². The Balaban J connectivity index is 1.92. The molecule has 0 unspecified atom stereocenters. The van der Waals surface area contributed by atoms with Crippen LogP contribution in [-0.2, 0) is 16.4 Å². The van der Waals surface area contributed by atoms with E-state index < -0.39 is 15.9 Å². The van der Waals surface area contributed by atoms with Crippen molar-refractivity contribution in [3.8, 4) is 0 Å². The highest BCUT2D eigenvalue weighted by Gasteiger charge is 2.35. The number of rotatable bonds is 4. The predicted molar refractivity (Wildman–Crippen MR) is 92.1 cm³/mol. The number of carbonyl (C=O) groups is 1. The van der Waals surface area contributed by atoms with Gasteiger partial charge in [0.25, 0.3) is 5.91 Å². The Morgan fingerprint density at radius 3 is 2.50 bits per heavy atom. The smallest absolute Gasteiger partial charge is 0.254 e. The topological polar surface area (TPSA) is 67.6 Å². The molecule has 1 atom stereocenters. The minimum Gasteiger partial charge on any atom is -0.467 e. The molecule has 0 bridgehead atoms. The Kier molecular flexibility index (Phi) is 4.90. The molecular formula is C16H15Cl2NO4S. The van der Waals surface area contributed by atoms with E-state index in [1.807, 2.05) is 0 Å². The standard InChI is InChI=1S/C16H15Cl2NO4S/c17-12-6-11(7-13(18)8-12)16(20)19(9-15-2-1-4-23-15)14-3-5-24(21,22)10-14/h1-2,4,6-8,14H,3,5,9-10H2/t14-/m1/s1. The second-order valence-corrected chi connectivity index (χ2v) is 8.83. The summed E-state index contributed by atoms with van der Waals surface area (Å²) in [5, 5.41) is 0.700. The van der Waals surface area contributed by atoms with E-state index in [2.05, 4.69) is 0 Å². The number of hydrogen-bond acceptors (Lipinski definition) is 4. The van der Waals surface area contributed by atoms with Crippen LogP contribution >= 0.6 is 23.2 Å². The first kappa shape index (κ1) is 17.3. The van der Waals surface area contributed by atoms with E-state index in [0.29, 0.717) is 27.8 Å². The molecule has 0 saturated carbocycles. The lowest BCUT2D eigenvalue weighted by Crippen LogP contribution is -2.40. The molecule has 1 aliphatic rings. The average Bonchev–Trinajstić information content (AvgIpc) is 3.12. The second kappa shape index (κ2) is 6.78. The van der Waals surface area contributed by atoms with Crippen LogP contribution in [0.4, 0.5) is 0 Å². The van der Waals surface area contributed by atoms with Crippen molar-refractivity contribution in [3.63, 3.8) is 0 Å². The first-order valence-electron chi connectivity index (χ1n) is 7.34. The fourth-order valence-corrected chi connectivity index (χ4v) is 5.06. The number of halogens is 2. The van der Waals surface area contributed by atoms with E-state index in [1.54, 1.807) is 12.1 Å². The van der Waals surface area contributed by atoms with Crippen LogP contribution in [0.5, 0.6) is 0 Å². The van der Waals surface area contributed by atoms with Crippen LogP contribution < -0.4 is 0 Å². The number of amides is 1. The van der Waals surface area contributed by atoms with Crippen LogP contribution in [0.2, 0.25) is 10.0 Å². The van der Waals surface area contributed by atoms with Gasteiger partial charge < -0.3 is 9.32 Å². The second-order valence-electron chi connectivity index (χ2n) is 5.73. The lowest BCUT2D eigenvalue weighted by molar-refractivity contribution is 0.0666. The first-order chi connectivity index (χ1) is 11.3. The summed E-state index contributed by atoms with van der Waals surface area (Å²) >= 11 is 12.0. The first-order valence-corrected chi connectivity index (χ1v) is 9.92. The summed E-state index contributed by atoms with van der Waals surface area (Å²) in [7, 11) is -3.13. The zero-order valence-corrected chi connectivity index (χ0v) is 14.9. The average molecular weight is 388 g/mol. The number of furan rings is 1. The van der Waals surface area contributed by atoms with Gasteiger partial charge >= 0.3 is 0 Å². The van der Waals surface area contributed by atoms with E-state index in [4.69, 9.17) is 27.6 Å². The summed E-state index contributed by atoms with van der Waals surface area (Å²) in [5.41, 5.74) is 0.323. The van der Waals surface area contributed by atoms with Crippen molar-refractivity contribution in [1.82, 2.24) is 4.90 Å². The molecule has 8 heteroatoms. The maximum atomic E-state index is 12.9. The third-order valence-electron chi connectivity index (χ3n) is 3.93. The molecule has 0 radical (unpaired) electrons. The molecule has 0 spiro atoms. The molecule has 2 heterocycles. The normalized spacial score (nSPS) is 19.3. The molecule has 1 fully saturated rings. The summed E-state index contributed by atoms with van der Waals surface area (Å²) in [5.74, 6) is 0.294. The van der Waals surface area contributed by atoms with Gasteiger partial charge in [-0.2, -0.15) is 0 Å². The summed E-state index contributed by atoms with van der Waals surface area (Å²) in [6, 6.07) is 7.65. The molecule has 3 rings (SSSR count). The van der Waals surface area contributed by atoms with Crippen molar-refractivity contribution >= 4 is 38.9 Å². The van der Waals surface area contributed by atoms with E-state index in [-0.39, 0.29) is 24.0 Å². The van der Waals surface area contributed by atoms with E-state index in [0.717, 1.165) is 0 Å². The zero-order valence-electron chi connectivity index (χ0n) is 12.6. The fourth-order valence-electron chi connectivity index (χ4n) is 2.80. The monoisotopic (exact) mass is 387 g/mol. The Morgan fingerprint density at radius 2 is 1.96 bits per heavy atom. The SMILES string of the molecule is O=C(c1cc(Cl)cc(Cl)c1)N(Cc1ccco1)[C@@H]1CCS(=O)(=O)C1. The van der Waals surface area contributed by atoms with Crippen molar-refractivity contribution in [2.24, 2.45) is 0 Å². The van der Waals surface area contributed by atoms with E-state index in [9.17, 15) is 13.2 Å². The van der Waals surface area contributed by atoms with Crippen LogP contribution in [-0.4, -0.2) is 36.8 Å².